The molecular weight excluding hydrogens is 396 g/mol. The van der Waals surface area contributed by atoms with Gasteiger partial charge in [0.1, 0.15) is 0 Å². The Kier molecular flexibility index (Phi) is 8.46. The van der Waals surface area contributed by atoms with Crippen LogP contribution in [0.4, 0.5) is 0 Å². The summed E-state index contributed by atoms with van der Waals surface area (Å²) in [5, 5.41) is 2.11. The monoisotopic (exact) mass is 428 g/mol. The molecule has 2 amide bonds. The van der Waals surface area contributed by atoms with Crippen molar-refractivity contribution < 1.29 is 14.3 Å². The van der Waals surface area contributed by atoms with Crippen LogP contribution in [0.1, 0.15) is 54.7 Å². The van der Waals surface area contributed by atoms with Gasteiger partial charge >= 0.3 is 0 Å². The molecule has 1 aliphatic rings. The minimum absolute atomic E-state index is 0.000600. The summed E-state index contributed by atoms with van der Waals surface area (Å²) >= 11 is 1.76. The highest BCUT2D eigenvalue weighted by atomic mass is 32.1. The maximum atomic E-state index is 13.4. The Morgan fingerprint density at radius 2 is 2.00 bits per heavy atom. The zero-order valence-corrected chi connectivity index (χ0v) is 18.8. The van der Waals surface area contributed by atoms with Crippen molar-refractivity contribution >= 4 is 23.2 Å². The van der Waals surface area contributed by atoms with Gasteiger partial charge in [-0.25, -0.2) is 0 Å². The number of amides is 2. The molecule has 2 aromatic rings. The van der Waals surface area contributed by atoms with Crippen LogP contribution in [0.3, 0.4) is 0 Å². The van der Waals surface area contributed by atoms with E-state index in [0.717, 1.165) is 31.2 Å². The first-order valence-corrected chi connectivity index (χ1v) is 11.7. The second-order valence-corrected chi connectivity index (χ2v) is 8.72. The average Bonchev–Trinajstić information content (AvgIpc) is 3.25. The van der Waals surface area contributed by atoms with E-state index in [1.54, 1.807) is 23.3 Å². The van der Waals surface area contributed by atoms with Crippen molar-refractivity contribution in [3.05, 3.63) is 57.8 Å². The molecule has 1 aromatic carbocycles. The summed E-state index contributed by atoms with van der Waals surface area (Å²) in [7, 11) is 1.62. The number of methoxy groups -OCH3 is 1. The number of unbranched alkanes of at least 4 members (excludes halogenated alkanes) is 2. The zero-order chi connectivity index (χ0) is 21.3. The molecule has 30 heavy (non-hydrogen) atoms. The molecule has 0 fully saturated rings. The molecule has 0 saturated carbocycles. The Balaban J connectivity index is 1.77. The molecule has 0 aliphatic carbocycles. The summed E-state index contributed by atoms with van der Waals surface area (Å²) in [6.45, 7) is 3.78. The fourth-order valence-electron chi connectivity index (χ4n) is 4.01. The second-order valence-electron chi connectivity index (χ2n) is 7.71. The lowest BCUT2D eigenvalue weighted by molar-refractivity contribution is -0.142. The van der Waals surface area contributed by atoms with Crippen molar-refractivity contribution in [2.75, 3.05) is 33.4 Å². The van der Waals surface area contributed by atoms with E-state index in [-0.39, 0.29) is 24.4 Å². The first-order chi connectivity index (χ1) is 14.7. The van der Waals surface area contributed by atoms with Gasteiger partial charge < -0.3 is 14.5 Å². The molecule has 1 aliphatic heterocycles. The van der Waals surface area contributed by atoms with Crippen LogP contribution in [0.2, 0.25) is 0 Å². The van der Waals surface area contributed by atoms with Crippen LogP contribution >= 0.6 is 11.3 Å². The predicted molar refractivity (Wildman–Crippen MR) is 121 cm³/mol. The Hall–Kier alpha value is -2.18. The Morgan fingerprint density at radius 3 is 2.73 bits per heavy atom. The molecule has 6 heteroatoms. The normalized spacial score (nSPS) is 15.7. The maximum Gasteiger partial charge on any atom is 0.242 e. The lowest BCUT2D eigenvalue weighted by Gasteiger charge is -2.37. The molecule has 1 unspecified atom stereocenters. The summed E-state index contributed by atoms with van der Waals surface area (Å²) in [6, 6.07) is 12.2. The van der Waals surface area contributed by atoms with Crippen LogP contribution in [-0.4, -0.2) is 55.0 Å². The number of hydrogen-bond donors (Lipinski definition) is 0. The molecule has 0 spiro atoms. The number of ether oxygens (including phenoxy) is 1. The molecule has 5 nitrogen and oxygen atoms in total. The van der Waals surface area contributed by atoms with E-state index in [2.05, 4.69) is 30.5 Å². The number of rotatable bonds is 10. The number of nitrogens with zero attached hydrogens (tertiary/aromatic N) is 2. The Labute approximate surface area is 183 Å². The van der Waals surface area contributed by atoms with E-state index in [1.807, 2.05) is 23.1 Å². The van der Waals surface area contributed by atoms with Crippen molar-refractivity contribution in [2.45, 2.75) is 45.1 Å². The molecular formula is C24H32N2O3S. The third-order valence-electron chi connectivity index (χ3n) is 5.64. The topological polar surface area (TPSA) is 49.9 Å². The summed E-state index contributed by atoms with van der Waals surface area (Å²) < 4.78 is 5.18. The number of benzene rings is 1. The van der Waals surface area contributed by atoms with Crippen molar-refractivity contribution in [1.29, 1.82) is 0 Å². The first kappa shape index (κ1) is 22.5. The summed E-state index contributed by atoms with van der Waals surface area (Å²) in [5.74, 6) is 0.0407. The number of fused-ring (bicyclic) bond motifs is 1. The van der Waals surface area contributed by atoms with E-state index in [4.69, 9.17) is 4.74 Å². The van der Waals surface area contributed by atoms with Crippen molar-refractivity contribution in [3.63, 3.8) is 0 Å². The number of carbonyl (C=O) groups excluding carboxylic acids is 2. The highest BCUT2D eigenvalue weighted by Crippen LogP contribution is 2.37. The highest BCUT2D eigenvalue weighted by Gasteiger charge is 2.33. The smallest absolute Gasteiger partial charge is 0.242 e. The molecule has 1 aromatic heterocycles. The summed E-state index contributed by atoms with van der Waals surface area (Å²) in [6.07, 6.45) is 4.31. The van der Waals surface area contributed by atoms with Gasteiger partial charge in [-0.1, -0.05) is 50.1 Å². The molecule has 0 radical (unpaired) electrons. The lowest BCUT2D eigenvalue weighted by Crippen LogP contribution is -2.47. The number of thiophene rings is 1. The van der Waals surface area contributed by atoms with E-state index in [0.29, 0.717) is 26.1 Å². The average molecular weight is 429 g/mol. The number of hydrogen-bond acceptors (Lipinski definition) is 4. The third kappa shape index (κ3) is 5.49. The fourth-order valence-corrected chi connectivity index (χ4v) is 4.92. The van der Waals surface area contributed by atoms with Gasteiger partial charge in [0.25, 0.3) is 0 Å². The lowest BCUT2D eigenvalue weighted by atomic mass is 9.93. The first-order valence-electron chi connectivity index (χ1n) is 10.8. The van der Waals surface area contributed by atoms with E-state index in [9.17, 15) is 9.59 Å². The largest absolute Gasteiger partial charge is 0.383 e. The maximum absolute atomic E-state index is 13.4. The Bertz CT molecular complexity index is 821. The second kappa shape index (κ2) is 11.3. The predicted octanol–water partition coefficient (Wildman–Crippen LogP) is 4.28. The molecule has 3 rings (SSSR count). The van der Waals surface area contributed by atoms with Gasteiger partial charge in [0.15, 0.2) is 0 Å². The van der Waals surface area contributed by atoms with Gasteiger partial charge in [0, 0.05) is 31.5 Å². The molecule has 1 atom stereocenters. The van der Waals surface area contributed by atoms with Crippen LogP contribution in [0.25, 0.3) is 0 Å². The van der Waals surface area contributed by atoms with Gasteiger partial charge in [0.05, 0.1) is 19.2 Å². The highest BCUT2D eigenvalue weighted by molar-refractivity contribution is 7.10. The molecule has 0 bridgehead atoms. The quantitative estimate of drug-likeness (QED) is 0.531. The Morgan fingerprint density at radius 1 is 1.20 bits per heavy atom. The van der Waals surface area contributed by atoms with Crippen molar-refractivity contribution in [2.24, 2.45) is 0 Å². The van der Waals surface area contributed by atoms with E-state index >= 15 is 0 Å². The summed E-state index contributed by atoms with van der Waals surface area (Å²) in [4.78, 5) is 31.1. The molecule has 0 N–H and O–H groups in total. The van der Waals surface area contributed by atoms with Crippen molar-refractivity contribution in [3.8, 4) is 0 Å². The zero-order valence-electron chi connectivity index (χ0n) is 18.0. The number of carbonyl (C=O) groups is 2. The van der Waals surface area contributed by atoms with Gasteiger partial charge in [0.2, 0.25) is 11.8 Å². The molecule has 162 valence electrons. The third-order valence-corrected chi connectivity index (χ3v) is 6.64. The van der Waals surface area contributed by atoms with Crippen LogP contribution in [-0.2, 0) is 20.7 Å². The van der Waals surface area contributed by atoms with Gasteiger partial charge in [-0.05, 0) is 35.4 Å². The molecule has 0 saturated heterocycles. The van der Waals surface area contributed by atoms with Crippen LogP contribution in [0.5, 0.6) is 0 Å². The van der Waals surface area contributed by atoms with Crippen LogP contribution in [0.15, 0.2) is 41.8 Å². The van der Waals surface area contributed by atoms with Crippen molar-refractivity contribution in [1.82, 2.24) is 9.80 Å². The summed E-state index contributed by atoms with van der Waals surface area (Å²) in [5.41, 5.74) is 2.33. The van der Waals surface area contributed by atoms with Crippen LogP contribution in [0, 0.1) is 0 Å². The van der Waals surface area contributed by atoms with Gasteiger partial charge in [-0.15, -0.1) is 11.3 Å². The SMILES string of the molecule is CCCCCC(=O)N(CCOC)CC(=O)N1CCc2sccc2C1c1ccccc1. The minimum atomic E-state index is -0.0897. The standard InChI is InChI=1S/C24H32N2O3S/c1-3-4-6-11-22(27)25(15-16-29-2)18-23(28)26-14-12-21-20(13-17-30-21)24(26)19-9-7-5-8-10-19/h5,7-10,13,17,24H,3-4,6,11-12,14-16,18H2,1-2H3. The van der Waals surface area contributed by atoms with E-state index in [1.165, 1.54) is 10.4 Å². The van der Waals surface area contributed by atoms with Crippen LogP contribution < -0.4 is 0 Å². The fraction of sp³-hybridized carbons (Fsp3) is 0.500. The van der Waals surface area contributed by atoms with E-state index < -0.39 is 0 Å². The van der Waals surface area contributed by atoms with Gasteiger partial charge in [-0.2, -0.15) is 0 Å². The minimum Gasteiger partial charge on any atom is -0.383 e. The molecule has 2 heterocycles. The van der Waals surface area contributed by atoms with Gasteiger partial charge in [-0.3, -0.25) is 9.59 Å².